The van der Waals surface area contributed by atoms with Gasteiger partial charge in [0.1, 0.15) is 19.0 Å². The van der Waals surface area contributed by atoms with Crippen molar-refractivity contribution in [1.29, 1.82) is 0 Å². The smallest absolute Gasteiger partial charge is 0.161 e. The molecule has 0 radical (unpaired) electrons. The largest absolute Gasteiger partial charge is 0.490 e. The quantitative estimate of drug-likeness (QED) is 0.715. The van der Waals surface area contributed by atoms with Crippen molar-refractivity contribution in [3.05, 3.63) is 53.6 Å². The molecule has 0 aliphatic heterocycles. The lowest BCUT2D eigenvalue weighted by atomic mass is 10.1. The fraction of sp³-hybridized carbons (Fsp3) is 0.333. The van der Waals surface area contributed by atoms with Crippen LogP contribution in [0, 0.1) is 13.8 Å². The third-order valence-corrected chi connectivity index (χ3v) is 3.08. The van der Waals surface area contributed by atoms with Crippen molar-refractivity contribution in [2.75, 3.05) is 19.8 Å². The summed E-state index contributed by atoms with van der Waals surface area (Å²) in [6.07, 6.45) is 0. The Hall–Kier alpha value is -2.16. The van der Waals surface area contributed by atoms with Gasteiger partial charge in [-0.3, -0.25) is 0 Å². The molecular formula is C18H22O3. The summed E-state index contributed by atoms with van der Waals surface area (Å²) in [5, 5.41) is 0. The van der Waals surface area contributed by atoms with E-state index in [1.165, 1.54) is 5.56 Å². The number of hydrogen-bond acceptors (Lipinski definition) is 3. The molecule has 112 valence electrons. The SMILES string of the molecule is CCOc1ccccc1OCCOc1ccc(C)cc1C. The first-order valence-corrected chi connectivity index (χ1v) is 7.25. The normalized spacial score (nSPS) is 10.2. The average Bonchev–Trinajstić information content (AvgIpc) is 2.47. The van der Waals surface area contributed by atoms with Gasteiger partial charge in [0, 0.05) is 0 Å². The molecule has 21 heavy (non-hydrogen) atoms. The second kappa shape index (κ2) is 7.58. The minimum Gasteiger partial charge on any atom is -0.490 e. The van der Waals surface area contributed by atoms with Crippen molar-refractivity contribution in [2.24, 2.45) is 0 Å². The highest BCUT2D eigenvalue weighted by Crippen LogP contribution is 2.26. The van der Waals surface area contributed by atoms with E-state index in [-0.39, 0.29) is 0 Å². The predicted molar refractivity (Wildman–Crippen MR) is 84.5 cm³/mol. The maximum atomic E-state index is 5.75. The predicted octanol–water partition coefficient (Wildman–Crippen LogP) is 4.16. The zero-order valence-corrected chi connectivity index (χ0v) is 12.9. The van der Waals surface area contributed by atoms with Crippen LogP contribution in [0.4, 0.5) is 0 Å². The lowest BCUT2D eigenvalue weighted by molar-refractivity contribution is 0.207. The fourth-order valence-electron chi connectivity index (χ4n) is 2.11. The van der Waals surface area contributed by atoms with E-state index in [4.69, 9.17) is 14.2 Å². The molecule has 0 spiro atoms. The first-order chi connectivity index (χ1) is 10.2. The van der Waals surface area contributed by atoms with Crippen LogP contribution in [-0.4, -0.2) is 19.8 Å². The highest BCUT2D eigenvalue weighted by molar-refractivity contribution is 5.39. The van der Waals surface area contributed by atoms with E-state index in [2.05, 4.69) is 13.0 Å². The van der Waals surface area contributed by atoms with Crippen molar-refractivity contribution in [2.45, 2.75) is 20.8 Å². The third-order valence-electron chi connectivity index (χ3n) is 3.08. The Morgan fingerprint density at radius 1 is 0.762 bits per heavy atom. The summed E-state index contributed by atoms with van der Waals surface area (Å²) in [6.45, 7) is 7.69. The van der Waals surface area contributed by atoms with Crippen LogP contribution in [0.3, 0.4) is 0 Å². The van der Waals surface area contributed by atoms with Crippen molar-refractivity contribution in [1.82, 2.24) is 0 Å². The molecule has 0 bridgehead atoms. The van der Waals surface area contributed by atoms with Crippen LogP contribution in [-0.2, 0) is 0 Å². The molecular weight excluding hydrogens is 264 g/mol. The number of benzene rings is 2. The summed E-state index contributed by atoms with van der Waals surface area (Å²) < 4.78 is 17.0. The molecule has 3 nitrogen and oxygen atoms in total. The van der Waals surface area contributed by atoms with Crippen LogP contribution in [0.2, 0.25) is 0 Å². The van der Waals surface area contributed by atoms with Gasteiger partial charge in [-0.1, -0.05) is 29.8 Å². The number of rotatable bonds is 7. The van der Waals surface area contributed by atoms with Crippen LogP contribution in [0.15, 0.2) is 42.5 Å². The summed E-state index contributed by atoms with van der Waals surface area (Å²) in [5.74, 6) is 2.43. The molecule has 0 unspecified atom stereocenters. The molecule has 0 aromatic heterocycles. The fourth-order valence-corrected chi connectivity index (χ4v) is 2.11. The molecule has 0 aliphatic carbocycles. The van der Waals surface area contributed by atoms with Gasteiger partial charge in [0.25, 0.3) is 0 Å². The van der Waals surface area contributed by atoms with Gasteiger partial charge in [-0.2, -0.15) is 0 Å². The molecule has 2 aromatic rings. The molecule has 0 fully saturated rings. The van der Waals surface area contributed by atoms with E-state index in [1.807, 2.05) is 50.2 Å². The molecule has 0 saturated carbocycles. The standard InChI is InChI=1S/C18H22O3/c1-4-19-17-7-5-6-8-18(17)21-12-11-20-16-10-9-14(2)13-15(16)3/h5-10,13H,4,11-12H2,1-3H3. The minimum atomic E-state index is 0.484. The van der Waals surface area contributed by atoms with Gasteiger partial charge < -0.3 is 14.2 Å². The van der Waals surface area contributed by atoms with Gasteiger partial charge in [0.15, 0.2) is 11.5 Å². The second-order valence-corrected chi connectivity index (χ2v) is 4.85. The maximum Gasteiger partial charge on any atom is 0.161 e. The van der Waals surface area contributed by atoms with Crippen LogP contribution in [0.1, 0.15) is 18.1 Å². The molecule has 0 heterocycles. The van der Waals surface area contributed by atoms with E-state index in [9.17, 15) is 0 Å². The van der Waals surface area contributed by atoms with E-state index >= 15 is 0 Å². The van der Waals surface area contributed by atoms with Gasteiger partial charge >= 0.3 is 0 Å². The van der Waals surface area contributed by atoms with E-state index in [0.717, 1.165) is 22.8 Å². The van der Waals surface area contributed by atoms with E-state index < -0.39 is 0 Å². The first-order valence-electron chi connectivity index (χ1n) is 7.25. The Kier molecular flexibility index (Phi) is 5.50. The van der Waals surface area contributed by atoms with Gasteiger partial charge in [0.2, 0.25) is 0 Å². The molecule has 0 aliphatic rings. The highest BCUT2D eigenvalue weighted by atomic mass is 16.5. The van der Waals surface area contributed by atoms with Gasteiger partial charge in [-0.15, -0.1) is 0 Å². The summed E-state index contributed by atoms with van der Waals surface area (Å²) in [4.78, 5) is 0. The summed E-state index contributed by atoms with van der Waals surface area (Å²) in [6, 6.07) is 13.8. The molecule has 2 rings (SSSR count). The van der Waals surface area contributed by atoms with E-state index in [0.29, 0.717) is 19.8 Å². The second-order valence-electron chi connectivity index (χ2n) is 4.85. The number of para-hydroxylation sites is 2. The summed E-state index contributed by atoms with van der Waals surface area (Å²) in [5.41, 5.74) is 2.38. The maximum absolute atomic E-state index is 5.75. The zero-order valence-electron chi connectivity index (χ0n) is 12.9. The number of hydrogen-bond donors (Lipinski definition) is 0. The topological polar surface area (TPSA) is 27.7 Å². The van der Waals surface area contributed by atoms with Crippen molar-refractivity contribution in [3.63, 3.8) is 0 Å². The van der Waals surface area contributed by atoms with Crippen LogP contribution >= 0.6 is 0 Å². The van der Waals surface area contributed by atoms with Gasteiger partial charge in [-0.05, 0) is 44.5 Å². The minimum absolute atomic E-state index is 0.484. The van der Waals surface area contributed by atoms with Gasteiger partial charge in [-0.25, -0.2) is 0 Å². The first kappa shape index (κ1) is 15.2. The Labute approximate surface area is 126 Å². The molecule has 0 amide bonds. The Morgan fingerprint density at radius 2 is 1.38 bits per heavy atom. The van der Waals surface area contributed by atoms with Crippen molar-refractivity contribution in [3.8, 4) is 17.2 Å². The van der Waals surface area contributed by atoms with Gasteiger partial charge in [0.05, 0.1) is 6.61 Å². The average molecular weight is 286 g/mol. The molecule has 0 saturated heterocycles. The number of aryl methyl sites for hydroxylation is 2. The number of ether oxygens (including phenoxy) is 3. The monoisotopic (exact) mass is 286 g/mol. The zero-order chi connectivity index (χ0) is 15.1. The molecule has 3 heteroatoms. The molecule has 2 aromatic carbocycles. The van der Waals surface area contributed by atoms with Crippen LogP contribution in [0.25, 0.3) is 0 Å². The van der Waals surface area contributed by atoms with Crippen LogP contribution < -0.4 is 14.2 Å². The van der Waals surface area contributed by atoms with E-state index in [1.54, 1.807) is 0 Å². The molecule has 0 atom stereocenters. The summed E-state index contributed by atoms with van der Waals surface area (Å²) >= 11 is 0. The highest BCUT2D eigenvalue weighted by Gasteiger charge is 2.04. The Bertz CT molecular complexity index is 578. The molecule has 0 N–H and O–H groups in total. The van der Waals surface area contributed by atoms with Crippen LogP contribution in [0.5, 0.6) is 17.2 Å². The lowest BCUT2D eigenvalue weighted by Gasteiger charge is -2.13. The Balaban J connectivity index is 1.84. The Morgan fingerprint density at radius 3 is 2.00 bits per heavy atom. The third kappa shape index (κ3) is 4.42. The lowest BCUT2D eigenvalue weighted by Crippen LogP contribution is -2.10. The van der Waals surface area contributed by atoms with Crippen molar-refractivity contribution < 1.29 is 14.2 Å². The van der Waals surface area contributed by atoms with Crippen molar-refractivity contribution >= 4 is 0 Å². The summed E-state index contributed by atoms with van der Waals surface area (Å²) in [7, 11) is 0.